The number of fused-ring (bicyclic) bond motifs is 6. The van der Waals surface area contributed by atoms with E-state index in [1.165, 1.54) is 25.1 Å². The third kappa shape index (κ3) is 13.3. The maximum absolute atomic E-state index is 15.5. The van der Waals surface area contributed by atoms with Gasteiger partial charge in [-0.15, -0.1) is 0 Å². The van der Waals surface area contributed by atoms with Crippen molar-refractivity contribution in [3.05, 3.63) is 237 Å². The molecule has 520 valence electrons. The summed E-state index contributed by atoms with van der Waals surface area (Å²) in [6.45, 7) is 1.25. The van der Waals surface area contributed by atoms with Gasteiger partial charge >= 0.3 is 55.6 Å². The maximum Gasteiger partial charge on any atom is 0.417 e. The molecule has 0 aliphatic heterocycles. The predicted molar refractivity (Wildman–Crippen MR) is 317 cm³/mol. The molecular weight excluding hydrogens is 1410 g/mol. The van der Waals surface area contributed by atoms with Crippen LogP contribution in [-0.4, -0.2) is 9.13 Å². The van der Waals surface area contributed by atoms with E-state index in [0.29, 0.717) is 18.2 Å². The average molecular weight is 1440 g/mol. The van der Waals surface area contributed by atoms with Gasteiger partial charge in [0.25, 0.3) is 0 Å². The fourth-order valence-corrected chi connectivity index (χ4v) is 12.2. The van der Waals surface area contributed by atoms with Crippen LogP contribution in [0.4, 0.5) is 119 Å². The second kappa shape index (κ2) is 23.5. The van der Waals surface area contributed by atoms with Gasteiger partial charge in [0.2, 0.25) is 0 Å². The average Bonchev–Trinajstić information content (AvgIpc) is 1.57. The molecule has 0 N–H and O–H groups in total. The van der Waals surface area contributed by atoms with Gasteiger partial charge in [-0.1, -0.05) is 60.7 Å². The summed E-state index contributed by atoms with van der Waals surface area (Å²) < 4.78 is 398. The Bertz CT molecular complexity index is 5190. The number of halogens is 27. The van der Waals surface area contributed by atoms with Gasteiger partial charge in [-0.05, 0) is 178 Å². The Hall–Kier alpha value is -10.6. The maximum atomic E-state index is 15.5. The highest BCUT2D eigenvalue weighted by molar-refractivity contribution is 6.14. The molecule has 2 aromatic heterocycles. The monoisotopic (exact) mass is 1440 g/mol. The predicted octanol–water partition coefficient (Wildman–Crippen LogP) is 25.6. The lowest BCUT2D eigenvalue weighted by atomic mass is 9.92. The number of hydrogen-bond acceptors (Lipinski definition) is 1. The number of benzene rings is 10. The number of aromatic nitrogens is 2. The van der Waals surface area contributed by atoms with E-state index in [1.807, 2.05) is 0 Å². The second-order valence-electron chi connectivity index (χ2n) is 23.3. The van der Waals surface area contributed by atoms with Crippen LogP contribution in [0.15, 0.2) is 176 Å². The van der Waals surface area contributed by atoms with Crippen molar-refractivity contribution >= 4 is 43.6 Å². The molecule has 0 saturated heterocycles. The van der Waals surface area contributed by atoms with Gasteiger partial charge in [-0.3, -0.25) is 0 Å². The minimum atomic E-state index is -5.80. The van der Waals surface area contributed by atoms with E-state index in [2.05, 4.69) is 0 Å². The minimum Gasteiger partial charge on any atom is -0.307 e. The first-order chi connectivity index (χ1) is 46.6. The number of rotatable bonds is 7. The Morgan fingerprint density at radius 1 is 0.248 bits per heavy atom. The molecule has 0 spiro atoms. The summed E-state index contributed by atoms with van der Waals surface area (Å²) in [6.07, 6.45) is -49.4. The normalized spacial score (nSPS) is 13.3. The molecule has 12 rings (SSSR count). The first-order valence-electron chi connectivity index (χ1n) is 28.7. The van der Waals surface area contributed by atoms with Gasteiger partial charge in [0.05, 0.1) is 95.1 Å². The van der Waals surface area contributed by atoms with E-state index in [0.717, 1.165) is 75.9 Å². The highest BCUT2D eigenvalue weighted by atomic mass is 19.4. The summed E-state index contributed by atoms with van der Waals surface area (Å²) in [5.74, 6) is 0. The zero-order chi connectivity index (χ0) is 73.8. The Kier molecular flexibility index (Phi) is 16.4. The molecule has 101 heavy (non-hydrogen) atoms. The molecule has 0 saturated carbocycles. The van der Waals surface area contributed by atoms with Crippen LogP contribution in [0, 0.1) is 18.3 Å². The number of nitrogens with zero attached hydrogens (tertiary/aromatic N) is 3. The first kappa shape index (κ1) is 70.3. The van der Waals surface area contributed by atoms with E-state index in [9.17, 15) is 111 Å². The summed E-state index contributed by atoms with van der Waals surface area (Å²) >= 11 is 0. The van der Waals surface area contributed by atoms with Crippen molar-refractivity contribution in [1.29, 1.82) is 5.26 Å². The zero-order valence-electron chi connectivity index (χ0n) is 49.8. The van der Waals surface area contributed by atoms with Crippen LogP contribution in [0.3, 0.4) is 0 Å². The molecule has 0 aliphatic rings. The first-order valence-corrected chi connectivity index (χ1v) is 28.7. The Labute approximate surface area is 547 Å². The summed E-state index contributed by atoms with van der Waals surface area (Å²) in [5, 5.41) is 10.6. The molecule has 12 aromatic rings. The molecule has 0 aliphatic carbocycles. The van der Waals surface area contributed by atoms with Crippen LogP contribution in [0.1, 0.15) is 61.2 Å². The van der Waals surface area contributed by atoms with Crippen LogP contribution in [-0.2, 0) is 55.6 Å². The lowest BCUT2D eigenvalue weighted by Gasteiger charge is -2.22. The molecular formula is C71H32F27N3. The fourth-order valence-electron chi connectivity index (χ4n) is 12.2. The van der Waals surface area contributed by atoms with Gasteiger partial charge in [0, 0.05) is 27.1 Å². The lowest BCUT2D eigenvalue weighted by Crippen LogP contribution is -2.13. The van der Waals surface area contributed by atoms with Crippen molar-refractivity contribution in [3.8, 4) is 73.1 Å². The minimum absolute atomic E-state index is 0.0277. The van der Waals surface area contributed by atoms with Crippen molar-refractivity contribution in [2.45, 2.75) is 62.5 Å². The quantitative estimate of drug-likeness (QED) is 0.146. The van der Waals surface area contributed by atoms with E-state index in [-0.39, 0.29) is 117 Å². The third-order valence-electron chi connectivity index (χ3n) is 16.7. The number of aryl methyl sites for hydroxylation is 1. The van der Waals surface area contributed by atoms with Gasteiger partial charge in [0.15, 0.2) is 0 Å². The Balaban J connectivity index is 1.31. The Morgan fingerprint density at radius 3 is 0.802 bits per heavy atom. The van der Waals surface area contributed by atoms with E-state index >= 15 is 13.2 Å². The fraction of sp³-hybridized carbons (Fsp3) is 0.141. The summed E-state index contributed by atoms with van der Waals surface area (Å²) in [7, 11) is 0. The highest BCUT2D eigenvalue weighted by Gasteiger charge is 2.43. The smallest absolute Gasteiger partial charge is 0.307 e. The summed E-state index contributed by atoms with van der Waals surface area (Å²) in [6, 6.07) is 19.1. The molecule has 0 unspecified atom stereocenters. The molecule has 10 aromatic carbocycles. The number of alkyl halides is 27. The number of hydrogen-bond donors (Lipinski definition) is 0. The van der Waals surface area contributed by atoms with E-state index in [4.69, 9.17) is 0 Å². The molecule has 0 amide bonds. The van der Waals surface area contributed by atoms with Crippen LogP contribution >= 0.6 is 0 Å². The third-order valence-corrected chi connectivity index (χ3v) is 16.7. The number of nitriles is 1. The highest BCUT2D eigenvalue weighted by Crippen LogP contribution is 2.50. The van der Waals surface area contributed by atoms with Crippen molar-refractivity contribution in [1.82, 2.24) is 9.13 Å². The SMILES string of the molecule is Cc1cc(-c2ccc3c4ccc(-c5cc(C(F)(F)F)cc(C(F)(F)F)c5)cc4n(-c4cc(-c5ccc(C(F)(F)F)cc5C(F)(F)F)c(C#N)cc4-n4c5cc(-c6cc(C(F)(F)F)cc(C(F)(F)F)c6)ccc5c5ccc(-c6cc(C(F)(F)F)cc(C(F)(F)F)c6)cc54)c3c2)cc(C(F)(F)F)c1. The summed E-state index contributed by atoms with van der Waals surface area (Å²) in [4.78, 5) is 0. The topological polar surface area (TPSA) is 33.6 Å². The van der Waals surface area contributed by atoms with Crippen molar-refractivity contribution in [2.24, 2.45) is 0 Å². The largest absolute Gasteiger partial charge is 0.417 e. The van der Waals surface area contributed by atoms with Gasteiger partial charge in [-0.25, -0.2) is 0 Å². The Morgan fingerprint density at radius 2 is 0.525 bits per heavy atom. The zero-order valence-corrected chi connectivity index (χ0v) is 49.8. The molecule has 30 heteroatoms. The van der Waals surface area contributed by atoms with E-state index < -0.39 is 184 Å². The second-order valence-corrected chi connectivity index (χ2v) is 23.3. The van der Waals surface area contributed by atoms with E-state index in [1.54, 1.807) is 6.07 Å². The van der Waals surface area contributed by atoms with Crippen molar-refractivity contribution in [2.75, 3.05) is 0 Å². The lowest BCUT2D eigenvalue weighted by molar-refractivity contribution is -0.144. The standard InChI is InChI=1S/C71H32F27N3/c1-32-12-37(14-43(13-32)64(75,76)77)33-2-7-53-54-10-5-36(40-19-48(69(90,91)92)28-49(20-40)70(93,94)95)24-60(54)101(59(53)21-33)62-30-55(50-11-6-42(63(72,73)74)29-56(50)71(96,97)98)41(31-99)25-61(62)100-57-22-34(38-15-44(65(78,79)80)26-45(16-38)66(81,82)83)3-8-51(57)52-9-4-35(23-58(52)100)39-17-46(67(84,85)86)27-47(18-39)68(87,88)89/h2-30H,1H3. The molecule has 0 radical (unpaired) electrons. The van der Waals surface area contributed by atoms with Crippen LogP contribution < -0.4 is 0 Å². The summed E-state index contributed by atoms with van der Waals surface area (Å²) in [5.41, 5.74) is -27.6. The molecule has 2 heterocycles. The molecule has 0 bridgehead atoms. The van der Waals surface area contributed by atoms with Gasteiger partial charge in [0.1, 0.15) is 0 Å². The molecule has 0 atom stereocenters. The van der Waals surface area contributed by atoms with Gasteiger partial charge < -0.3 is 9.13 Å². The van der Waals surface area contributed by atoms with Crippen molar-refractivity contribution < 1.29 is 119 Å². The molecule has 0 fully saturated rings. The van der Waals surface area contributed by atoms with Crippen LogP contribution in [0.5, 0.6) is 0 Å². The van der Waals surface area contributed by atoms with Gasteiger partial charge in [-0.2, -0.15) is 124 Å². The van der Waals surface area contributed by atoms with Crippen LogP contribution in [0.2, 0.25) is 0 Å². The van der Waals surface area contributed by atoms with Crippen LogP contribution in [0.25, 0.3) is 111 Å². The molecule has 3 nitrogen and oxygen atoms in total. The van der Waals surface area contributed by atoms with Crippen molar-refractivity contribution in [3.63, 3.8) is 0 Å².